The number of hydrogen-bond acceptors (Lipinski definition) is 6. The normalized spacial score (nSPS) is 11.0. The Balaban J connectivity index is 2.86. The minimum absolute atomic E-state index is 0.130. The lowest BCUT2D eigenvalue weighted by Crippen LogP contribution is -2.24. The van der Waals surface area contributed by atoms with Gasteiger partial charge in [-0.3, -0.25) is 14.9 Å². The number of carbonyl (C=O) groups is 2. The molecule has 7 nitrogen and oxygen atoms in total. The molecule has 7 heteroatoms. The largest absolute Gasteiger partial charge is 0.466 e. The van der Waals surface area contributed by atoms with E-state index in [0.717, 1.165) is 0 Å². The molecular weight excluding hydrogens is 314 g/mol. The van der Waals surface area contributed by atoms with Crippen molar-refractivity contribution in [3.05, 3.63) is 39.4 Å². The number of nitrogens with zero attached hydrogens (tertiary/aromatic N) is 1. The van der Waals surface area contributed by atoms with Crippen LogP contribution in [-0.2, 0) is 20.7 Å². The predicted molar refractivity (Wildman–Crippen MR) is 87.8 cm³/mol. The molecular formula is C17H23NO6. The summed E-state index contributed by atoms with van der Waals surface area (Å²) in [5.41, 5.74) is -0.228. The summed E-state index contributed by atoms with van der Waals surface area (Å²) in [7, 11) is 0. The molecule has 0 aliphatic rings. The zero-order valence-corrected chi connectivity index (χ0v) is 14.5. The van der Waals surface area contributed by atoms with Crippen molar-refractivity contribution in [2.75, 3.05) is 6.61 Å². The third-order valence-corrected chi connectivity index (χ3v) is 3.05. The van der Waals surface area contributed by atoms with Gasteiger partial charge in [-0.1, -0.05) is 6.07 Å². The van der Waals surface area contributed by atoms with Crippen molar-refractivity contribution < 1.29 is 24.0 Å². The van der Waals surface area contributed by atoms with Gasteiger partial charge in [0.15, 0.2) is 0 Å². The summed E-state index contributed by atoms with van der Waals surface area (Å²) in [4.78, 5) is 34.0. The maximum atomic E-state index is 12.0. The van der Waals surface area contributed by atoms with Crippen LogP contribution in [0.3, 0.4) is 0 Å². The molecule has 0 saturated carbocycles. The Morgan fingerprint density at radius 3 is 2.46 bits per heavy atom. The minimum atomic E-state index is -0.676. The third kappa shape index (κ3) is 6.36. The van der Waals surface area contributed by atoms with Gasteiger partial charge in [-0.25, -0.2) is 4.79 Å². The van der Waals surface area contributed by atoms with Crippen LogP contribution in [-0.4, -0.2) is 29.1 Å². The fourth-order valence-electron chi connectivity index (χ4n) is 2.07. The molecule has 0 heterocycles. The van der Waals surface area contributed by atoms with E-state index in [0.29, 0.717) is 25.0 Å². The smallest absolute Gasteiger partial charge is 0.338 e. The predicted octanol–water partition coefficient (Wildman–Crippen LogP) is 3.44. The van der Waals surface area contributed by atoms with E-state index >= 15 is 0 Å². The van der Waals surface area contributed by atoms with Gasteiger partial charge in [0.1, 0.15) is 5.60 Å². The van der Waals surface area contributed by atoms with Crippen LogP contribution < -0.4 is 0 Å². The number of ether oxygens (including phenoxy) is 2. The van der Waals surface area contributed by atoms with Crippen LogP contribution in [0.2, 0.25) is 0 Å². The molecule has 0 unspecified atom stereocenters. The molecule has 1 aromatic rings. The summed E-state index contributed by atoms with van der Waals surface area (Å²) in [6.07, 6.45) is 0.980. The zero-order valence-electron chi connectivity index (χ0n) is 14.5. The van der Waals surface area contributed by atoms with Crippen molar-refractivity contribution in [1.82, 2.24) is 0 Å². The van der Waals surface area contributed by atoms with Crippen LogP contribution in [0.15, 0.2) is 18.2 Å². The molecule has 0 radical (unpaired) electrons. The molecule has 1 aromatic carbocycles. The fourth-order valence-corrected chi connectivity index (χ4v) is 2.07. The maximum Gasteiger partial charge on any atom is 0.338 e. The Hall–Kier alpha value is -2.44. The summed E-state index contributed by atoms with van der Waals surface area (Å²) >= 11 is 0. The van der Waals surface area contributed by atoms with Gasteiger partial charge in [0, 0.05) is 18.1 Å². The van der Waals surface area contributed by atoms with Crippen LogP contribution >= 0.6 is 0 Å². The number of rotatable bonds is 7. The van der Waals surface area contributed by atoms with Crippen molar-refractivity contribution in [2.45, 2.75) is 52.6 Å². The van der Waals surface area contributed by atoms with Gasteiger partial charge in [-0.15, -0.1) is 0 Å². The Morgan fingerprint density at radius 2 is 1.92 bits per heavy atom. The van der Waals surface area contributed by atoms with E-state index in [4.69, 9.17) is 9.47 Å². The second-order valence-corrected chi connectivity index (χ2v) is 6.26. The Labute approximate surface area is 141 Å². The average molecular weight is 337 g/mol. The van der Waals surface area contributed by atoms with Gasteiger partial charge >= 0.3 is 11.9 Å². The van der Waals surface area contributed by atoms with Gasteiger partial charge in [-0.05, 0) is 46.6 Å². The van der Waals surface area contributed by atoms with Crippen molar-refractivity contribution in [2.24, 2.45) is 0 Å². The number of nitro groups is 1. The van der Waals surface area contributed by atoms with Crippen LogP contribution in [0, 0.1) is 10.1 Å². The fraction of sp³-hybridized carbons (Fsp3) is 0.529. The molecule has 0 bridgehead atoms. The second-order valence-electron chi connectivity index (χ2n) is 6.26. The average Bonchev–Trinajstić information content (AvgIpc) is 2.45. The van der Waals surface area contributed by atoms with E-state index in [1.807, 2.05) is 0 Å². The number of esters is 2. The van der Waals surface area contributed by atoms with Crippen molar-refractivity contribution >= 4 is 17.6 Å². The highest BCUT2D eigenvalue weighted by Crippen LogP contribution is 2.24. The maximum absolute atomic E-state index is 12.0. The molecule has 0 aromatic heterocycles. The second kappa shape index (κ2) is 8.42. The highest BCUT2D eigenvalue weighted by molar-refractivity contribution is 5.90. The molecule has 24 heavy (non-hydrogen) atoms. The number of aryl methyl sites for hydroxylation is 1. The summed E-state index contributed by atoms with van der Waals surface area (Å²) in [6, 6.07) is 4.25. The molecule has 0 spiro atoms. The monoisotopic (exact) mass is 337 g/mol. The SMILES string of the molecule is CCOC(=O)CCCc1ccc(C(=O)OC(C)(C)C)cc1[N+](=O)[O-]. The van der Waals surface area contributed by atoms with Gasteiger partial charge in [-0.2, -0.15) is 0 Å². The first-order valence-corrected chi connectivity index (χ1v) is 7.80. The van der Waals surface area contributed by atoms with Crippen LogP contribution in [0.4, 0.5) is 5.69 Å². The van der Waals surface area contributed by atoms with Crippen molar-refractivity contribution in [3.63, 3.8) is 0 Å². The molecule has 0 aliphatic heterocycles. The van der Waals surface area contributed by atoms with Gasteiger partial charge in [0.2, 0.25) is 0 Å². The van der Waals surface area contributed by atoms with Gasteiger partial charge in [0.05, 0.1) is 17.1 Å². The summed E-state index contributed by atoms with van der Waals surface area (Å²) in [6.45, 7) is 7.21. The van der Waals surface area contributed by atoms with E-state index in [1.165, 1.54) is 18.2 Å². The topological polar surface area (TPSA) is 95.7 Å². The molecule has 1 rings (SSSR count). The molecule has 0 fully saturated rings. The summed E-state index contributed by atoms with van der Waals surface area (Å²) in [5, 5.41) is 11.2. The first kappa shape index (κ1) is 19.6. The van der Waals surface area contributed by atoms with E-state index < -0.39 is 16.5 Å². The van der Waals surface area contributed by atoms with Crippen LogP contribution in [0.5, 0.6) is 0 Å². The minimum Gasteiger partial charge on any atom is -0.466 e. The van der Waals surface area contributed by atoms with E-state index in [-0.39, 0.29) is 23.6 Å². The lowest BCUT2D eigenvalue weighted by Gasteiger charge is -2.19. The molecule has 0 aliphatic carbocycles. The molecule has 0 amide bonds. The molecule has 0 saturated heterocycles. The van der Waals surface area contributed by atoms with Crippen LogP contribution in [0.1, 0.15) is 56.5 Å². The first-order valence-electron chi connectivity index (χ1n) is 7.80. The Morgan fingerprint density at radius 1 is 1.25 bits per heavy atom. The Bertz CT molecular complexity index is 618. The zero-order chi connectivity index (χ0) is 18.3. The highest BCUT2D eigenvalue weighted by Gasteiger charge is 2.22. The van der Waals surface area contributed by atoms with Crippen molar-refractivity contribution in [3.8, 4) is 0 Å². The van der Waals surface area contributed by atoms with Gasteiger partial charge < -0.3 is 9.47 Å². The summed E-state index contributed by atoms with van der Waals surface area (Å²) in [5.74, 6) is -0.936. The number of carbonyl (C=O) groups excluding carboxylic acids is 2. The quantitative estimate of drug-likeness (QED) is 0.429. The number of nitro benzene ring substituents is 1. The lowest BCUT2D eigenvalue weighted by atomic mass is 10.0. The lowest BCUT2D eigenvalue weighted by molar-refractivity contribution is -0.385. The Kier molecular flexibility index (Phi) is 6.88. The molecule has 132 valence electrons. The molecule has 0 atom stereocenters. The highest BCUT2D eigenvalue weighted by atomic mass is 16.6. The van der Waals surface area contributed by atoms with Gasteiger partial charge in [0.25, 0.3) is 5.69 Å². The number of benzene rings is 1. The third-order valence-electron chi connectivity index (χ3n) is 3.05. The van der Waals surface area contributed by atoms with E-state index in [2.05, 4.69) is 0 Å². The first-order chi connectivity index (χ1) is 11.1. The summed E-state index contributed by atoms with van der Waals surface area (Å²) < 4.78 is 10.0. The standard InChI is InChI=1S/C17H23NO6/c1-5-23-15(19)8-6-7-12-9-10-13(11-14(12)18(21)22)16(20)24-17(2,3)4/h9-11H,5-8H2,1-4H3. The number of hydrogen-bond donors (Lipinski definition) is 0. The molecule has 0 N–H and O–H groups in total. The van der Waals surface area contributed by atoms with E-state index in [9.17, 15) is 19.7 Å². The van der Waals surface area contributed by atoms with Crippen molar-refractivity contribution in [1.29, 1.82) is 0 Å². The van der Waals surface area contributed by atoms with E-state index in [1.54, 1.807) is 27.7 Å². The van der Waals surface area contributed by atoms with Crippen LogP contribution in [0.25, 0.3) is 0 Å².